The van der Waals surface area contributed by atoms with Crippen molar-refractivity contribution in [3.8, 4) is 0 Å². The zero-order valence-corrected chi connectivity index (χ0v) is 33.1. The number of hydrogen-bond acceptors (Lipinski definition) is 4. The van der Waals surface area contributed by atoms with E-state index in [-0.39, 0.29) is 39.0 Å². The van der Waals surface area contributed by atoms with Crippen molar-refractivity contribution in [2.45, 2.75) is 105 Å². The number of rotatable bonds is 8. The molecule has 0 bridgehead atoms. The van der Waals surface area contributed by atoms with Crippen LogP contribution < -0.4 is 5.32 Å². The van der Waals surface area contributed by atoms with Gasteiger partial charge in [-0.1, -0.05) is 71.0 Å². The van der Waals surface area contributed by atoms with Gasteiger partial charge in [0.25, 0.3) is 0 Å². The number of likely N-dealkylation sites (N-methyl/N-ethyl adjacent to an activating group) is 1. The molecule has 1 aromatic heterocycles. The molecule has 1 aromatic carbocycles. The van der Waals surface area contributed by atoms with Gasteiger partial charge in [0.15, 0.2) is 0 Å². The lowest BCUT2D eigenvalue weighted by Crippen LogP contribution is -2.66. The third-order valence-corrected chi connectivity index (χ3v) is 16.7. The molecule has 1 unspecified atom stereocenters. The number of carboxylic acid groups (broad SMARTS) is 1. The lowest BCUT2D eigenvalue weighted by atomic mass is 9.32. The molecule has 6 heteroatoms. The Hall–Kier alpha value is -3.25. The van der Waals surface area contributed by atoms with E-state index in [2.05, 4.69) is 89.6 Å². The van der Waals surface area contributed by atoms with Gasteiger partial charge in [-0.2, -0.15) is 0 Å². The van der Waals surface area contributed by atoms with Gasteiger partial charge < -0.3 is 15.3 Å². The van der Waals surface area contributed by atoms with Crippen LogP contribution in [0.3, 0.4) is 0 Å². The van der Waals surface area contributed by atoms with Crippen LogP contribution >= 0.6 is 0 Å². The van der Waals surface area contributed by atoms with Crippen LogP contribution in [0.4, 0.5) is 0 Å². The minimum atomic E-state index is -0.877. The second-order valence-corrected chi connectivity index (χ2v) is 19.2. The summed E-state index contributed by atoms with van der Waals surface area (Å²) in [5.41, 5.74) is 5.42. The first-order chi connectivity index (χ1) is 24.5. The summed E-state index contributed by atoms with van der Waals surface area (Å²) in [5.74, 6) is 1.76. The summed E-state index contributed by atoms with van der Waals surface area (Å²) < 4.78 is 0. The van der Waals surface area contributed by atoms with Gasteiger partial charge >= 0.3 is 5.97 Å². The predicted octanol–water partition coefficient (Wildman–Crippen LogP) is 9.85. The lowest BCUT2D eigenvalue weighted by Gasteiger charge is -2.72. The van der Waals surface area contributed by atoms with E-state index in [9.17, 15) is 14.7 Å². The average Bonchev–Trinajstić information content (AvgIpc) is 3.50. The summed E-state index contributed by atoms with van der Waals surface area (Å²) in [6.07, 6.45) is 16.2. The molecule has 5 aliphatic carbocycles. The van der Waals surface area contributed by atoms with Crippen LogP contribution in [0.2, 0.25) is 0 Å². The van der Waals surface area contributed by atoms with E-state index in [4.69, 9.17) is 0 Å². The van der Waals surface area contributed by atoms with Crippen molar-refractivity contribution in [3.05, 3.63) is 83.7 Å². The van der Waals surface area contributed by atoms with Gasteiger partial charge in [-0.3, -0.25) is 9.78 Å². The summed E-state index contributed by atoms with van der Waals surface area (Å²) >= 11 is 0. The molecule has 0 aliphatic heterocycles. The topological polar surface area (TPSA) is 82.5 Å². The number of aromatic carboxylic acids is 1. The number of carbonyl (C=O) groups is 2. The van der Waals surface area contributed by atoms with E-state index in [1.165, 1.54) is 36.8 Å². The highest BCUT2D eigenvalue weighted by Gasteiger charge is 2.71. The van der Waals surface area contributed by atoms with Gasteiger partial charge in [0, 0.05) is 18.9 Å². The second kappa shape index (κ2) is 13.0. The number of amides is 1. The summed E-state index contributed by atoms with van der Waals surface area (Å²) in [5, 5.41) is 13.0. The maximum Gasteiger partial charge on any atom is 0.335 e. The van der Waals surface area contributed by atoms with E-state index >= 15 is 0 Å². The fraction of sp³-hybridized carbons (Fsp3) is 0.630. The number of fused-ring (bicyclic) bond motifs is 7. The van der Waals surface area contributed by atoms with Crippen LogP contribution in [0.5, 0.6) is 0 Å². The highest BCUT2D eigenvalue weighted by atomic mass is 16.4. The van der Waals surface area contributed by atoms with Crippen molar-refractivity contribution in [2.24, 2.45) is 56.7 Å². The molecule has 0 saturated heterocycles. The van der Waals surface area contributed by atoms with E-state index in [1.54, 1.807) is 12.1 Å². The Morgan fingerprint density at radius 2 is 1.67 bits per heavy atom. The molecule has 2 N–H and O–H groups in total. The van der Waals surface area contributed by atoms with Crippen molar-refractivity contribution in [2.75, 3.05) is 20.6 Å². The first kappa shape index (κ1) is 37.1. The van der Waals surface area contributed by atoms with Gasteiger partial charge in [0.05, 0.1) is 17.0 Å². The van der Waals surface area contributed by atoms with Gasteiger partial charge in [0.1, 0.15) is 0 Å². The Morgan fingerprint density at radius 1 is 0.942 bits per heavy atom. The summed E-state index contributed by atoms with van der Waals surface area (Å²) in [6, 6.07) is 11.7. The Balaban J connectivity index is 1.18. The molecule has 52 heavy (non-hydrogen) atoms. The molecule has 2 aromatic rings. The Morgan fingerprint density at radius 3 is 2.31 bits per heavy atom. The number of aromatic nitrogens is 1. The zero-order chi connectivity index (χ0) is 37.4. The number of carboxylic acids is 1. The number of hydrogen-bond donors (Lipinski definition) is 2. The highest BCUT2D eigenvalue weighted by Crippen LogP contribution is 2.77. The fourth-order valence-electron chi connectivity index (χ4n) is 14.0. The first-order valence-corrected chi connectivity index (χ1v) is 20.1. The molecule has 280 valence electrons. The van der Waals surface area contributed by atoms with Gasteiger partial charge in [-0.25, -0.2) is 4.79 Å². The molecule has 6 nitrogen and oxygen atoms in total. The Bertz CT molecular complexity index is 1750. The molecule has 4 saturated carbocycles. The largest absolute Gasteiger partial charge is 0.478 e. The molecule has 0 radical (unpaired) electrons. The third kappa shape index (κ3) is 5.39. The number of pyridine rings is 1. The molecule has 4 fully saturated rings. The van der Waals surface area contributed by atoms with Crippen molar-refractivity contribution in [1.29, 1.82) is 0 Å². The smallest absolute Gasteiger partial charge is 0.335 e. The maximum absolute atomic E-state index is 14.8. The summed E-state index contributed by atoms with van der Waals surface area (Å²) in [4.78, 5) is 32.9. The molecule has 1 heterocycles. The van der Waals surface area contributed by atoms with Crippen LogP contribution in [0.1, 0.15) is 127 Å². The van der Waals surface area contributed by atoms with Crippen LogP contribution in [-0.4, -0.2) is 47.5 Å². The first-order valence-electron chi connectivity index (χ1n) is 20.1. The van der Waals surface area contributed by atoms with Crippen molar-refractivity contribution in [1.82, 2.24) is 15.2 Å². The number of nitrogens with one attached hydrogen (secondary N) is 1. The molecule has 1 amide bonds. The SMILES string of the molecule is C=C(C)[C@@H]1CC[C@]2(C(=O)NCC(c3cccnc3)N(C)C)CC[C@]3(C)[C@H](CC[C@@H]4[C@@]5(C)CC=C(c6ccc(C(=O)O)cc6)C(C)(C)[C@@H]5CC[C@]43C)[C@@H]12. The number of benzene rings is 1. The average molecular weight is 706 g/mol. The Kier molecular flexibility index (Phi) is 9.24. The minimum Gasteiger partial charge on any atom is -0.478 e. The minimum absolute atomic E-state index is 0.0205. The van der Waals surface area contributed by atoms with E-state index in [1.807, 2.05) is 30.6 Å². The Labute approximate surface area is 312 Å². The molecule has 5 aliphatic rings. The van der Waals surface area contributed by atoms with E-state index in [0.29, 0.717) is 41.7 Å². The number of allylic oxidation sites excluding steroid dienone is 3. The van der Waals surface area contributed by atoms with Crippen LogP contribution in [0, 0.1) is 56.7 Å². The quantitative estimate of drug-likeness (QED) is 0.267. The van der Waals surface area contributed by atoms with E-state index in [0.717, 1.165) is 43.2 Å². The molecule has 10 atom stereocenters. The van der Waals surface area contributed by atoms with E-state index < -0.39 is 5.97 Å². The number of carbonyl (C=O) groups excluding carboxylic acids is 1. The second-order valence-electron chi connectivity index (χ2n) is 19.2. The standard InChI is InChI=1S/C46H63N3O3/c1-29(2)33-18-23-46(41(52)48-28-36(49(8)9)32-11-10-26-47-27-32)25-24-44(6)35(39(33)46)16-17-38-43(5)21-19-34(30-12-14-31(15-13-30)40(50)51)42(3,4)37(43)20-22-45(38,44)7/h10-15,19,26-27,33,35-39H,1,16-18,20-25,28H2,2-9H3,(H,48,52)(H,50,51)/t33-,35+,36?,37-,38+,39+,43-,44+,45+,46-/m0/s1. The van der Waals surface area contributed by atoms with Gasteiger partial charge in [-0.05, 0) is 165 Å². The highest BCUT2D eigenvalue weighted by molar-refractivity contribution is 5.88. The van der Waals surface area contributed by atoms with Crippen LogP contribution in [0.25, 0.3) is 5.57 Å². The fourth-order valence-corrected chi connectivity index (χ4v) is 14.0. The molecule has 0 spiro atoms. The van der Waals surface area contributed by atoms with Crippen molar-refractivity contribution in [3.63, 3.8) is 0 Å². The summed E-state index contributed by atoms with van der Waals surface area (Å²) in [7, 11) is 4.17. The zero-order valence-electron chi connectivity index (χ0n) is 33.1. The van der Waals surface area contributed by atoms with Crippen molar-refractivity contribution < 1.29 is 14.7 Å². The predicted molar refractivity (Wildman–Crippen MR) is 209 cm³/mol. The third-order valence-electron chi connectivity index (χ3n) is 16.7. The maximum atomic E-state index is 14.8. The molecule has 7 rings (SSSR count). The van der Waals surface area contributed by atoms with Gasteiger partial charge in [0.2, 0.25) is 5.91 Å². The van der Waals surface area contributed by atoms with Crippen LogP contribution in [-0.2, 0) is 4.79 Å². The normalized spacial score (nSPS) is 38.2. The van der Waals surface area contributed by atoms with Crippen molar-refractivity contribution >= 4 is 17.4 Å². The molecular weight excluding hydrogens is 643 g/mol. The number of nitrogens with zero attached hydrogens (tertiary/aromatic N) is 2. The summed E-state index contributed by atoms with van der Waals surface area (Å²) in [6.45, 7) is 20.2. The van der Waals surface area contributed by atoms with Gasteiger partial charge in [-0.15, -0.1) is 0 Å². The lowest BCUT2D eigenvalue weighted by molar-refractivity contribution is -0.225. The monoisotopic (exact) mass is 705 g/mol. The molecular formula is C46H63N3O3. The van der Waals surface area contributed by atoms with Crippen LogP contribution in [0.15, 0.2) is 67.0 Å².